The lowest BCUT2D eigenvalue weighted by atomic mass is 9.87. The van der Waals surface area contributed by atoms with Gasteiger partial charge in [-0.1, -0.05) is 38.5 Å². The van der Waals surface area contributed by atoms with Gasteiger partial charge >= 0.3 is 11.9 Å². The summed E-state index contributed by atoms with van der Waals surface area (Å²) in [5.41, 5.74) is -0.993. The number of methoxy groups -OCH3 is 1. The second kappa shape index (κ2) is 13.1. The maximum Gasteiger partial charge on any atom is 0.311 e. The van der Waals surface area contributed by atoms with E-state index < -0.39 is 11.4 Å². The van der Waals surface area contributed by atoms with E-state index in [1.54, 1.807) is 13.8 Å². The number of esters is 1. The van der Waals surface area contributed by atoms with Crippen molar-refractivity contribution in [2.24, 2.45) is 10.8 Å². The number of carboxylic acids is 1. The fourth-order valence-electron chi connectivity index (χ4n) is 2.84. The molecule has 0 aromatic carbocycles. The van der Waals surface area contributed by atoms with E-state index in [1.807, 2.05) is 13.8 Å². The molecule has 5 heteroatoms. The molecule has 0 amide bonds. The summed E-state index contributed by atoms with van der Waals surface area (Å²) in [6, 6.07) is 0. The molecule has 0 aliphatic heterocycles. The van der Waals surface area contributed by atoms with Gasteiger partial charge in [0.2, 0.25) is 0 Å². The fraction of sp³-hybridized carbons (Fsp3) is 0.905. The third kappa shape index (κ3) is 11.5. The molecule has 0 bridgehead atoms. The number of unbranched alkanes of at least 4 members (excludes halogenated alkanes) is 6. The molecule has 0 aromatic heterocycles. The normalized spacial score (nSPS) is 12.2. The van der Waals surface area contributed by atoms with Gasteiger partial charge in [0, 0.05) is 13.2 Å². The molecule has 0 aliphatic rings. The van der Waals surface area contributed by atoms with Crippen LogP contribution in [0.25, 0.3) is 0 Å². The average molecular weight is 373 g/mol. The number of carbonyl (C=O) groups excluding carboxylic acids is 1. The third-order valence-electron chi connectivity index (χ3n) is 5.00. The van der Waals surface area contributed by atoms with Gasteiger partial charge in [-0.2, -0.15) is 0 Å². The summed E-state index contributed by atoms with van der Waals surface area (Å²) >= 11 is 0. The zero-order valence-electron chi connectivity index (χ0n) is 17.6. The molecule has 5 nitrogen and oxygen atoms in total. The molecule has 0 aliphatic carbocycles. The second-order valence-corrected chi connectivity index (χ2v) is 8.51. The van der Waals surface area contributed by atoms with Crippen LogP contribution in [0.15, 0.2) is 0 Å². The lowest BCUT2D eigenvalue weighted by Gasteiger charge is -2.20. The first kappa shape index (κ1) is 24.9. The first-order valence-electron chi connectivity index (χ1n) is 10.0. The Kier molecular flexibility index (Phi) is 12.6. The summed E-state index contributed by atoms with van der Waals surface area (Å²) in [5, 5.41) is 9.05. The highest BCUT2D eigenvalue weighted by molar-refractivity contribution is 5.75. The van der Waals surface area contributed by atoms with Gasteiger partial charge in [-0.05, 0) is 53.4 Å². The Bertz CT molecular complexity index is 401. The van der Waals surface area contributed by atoms with Crippen molar-refractivity contribution in [1.29, 1.82) is 0 Å². The van der Waals surface area contributed by atoms with Crippen molar-refractivity contribution in [2.75, 3.05) is 20.3 Å². The Morgan fingerprint density at radius 2 is 1.15 bits per heavy atom. The van der Waals surface area contributed by atoms with Crippen molar-refractivity contribution >= 4 is 11.9 Å². The summed E-state index contributed by atoms with van der Waals surface area (Å²) in [5.74, 6) is -0.845. The smallest absolute Gasteiger partial charge is 0.311 e. The second-order valence-electron chi connectivity index (χ2n) is 8.51. The van der Waals surface area contributed by atoms with Gasteiger partial charge in [0.25, 0.3) is 0 Å². The topological polar surface area (TPSA) is 72.8 Å². The zero-order chi connectivity index (χ0) is 20.1. The lowest BCUT2D eigenvalue weighted by Crippen LogP contribution is -2.25. The van der Waals surface area contributed by atoms with Gasteiger partial charge in [0.05, 0.1) is 17.9 Å². The predicted octanol–water partition coefficient (Wildman–Crippen LogP) is 5.21. The summed E-state index contributed by atoms with van der Waals surface area (Å²) in [7, 11) is 1.44. The standard InChI is InChI=1S/C21H40O5/c1-20(2,18(22)23)14-10-6-8-12-16-26-17-13-9-7-11-15-21(3,4)19(24)25-5/h6-17H2,1-5H3,(H,22,23). The van der Waals surface area contributed by atoms with Crippen LogP contribution >= 0.6 is 0 Å². The van der Waals surface area contributed by atoms with E-state index in [2.05, 4.69) is 0 Å². The molecule has 1 N–H and O–H groups in total. The van der Waals surface area contributed by atoms with E-state index in [9.17, 15) is 9.59 Å². The van der Waals surface area contributed by atoms with Gasteiger partial charge in [0.1, 0.15) is 0 Å². The molecule has 0 atom stereocenters. The molecule has 0 heterocycles. The Morgan fingerprint density at radius 3 is 1.58 bits per heavy atom. The molecular weight excluding hydrogens is 332 g/mol. The number of hydrogen-bond donors (Lipinski definition) is 1. The molecule has 0 saturated heterocycles. The maximum atomic E-state index is 11.6. The van der Waals surface area contributed by atoms with Crippen molar-refractivity contribution in [3.05, 3.63) is 0 Å². The minimum atomic E-state index is -0.713. The Hall–Kier alpha value is -1.10. The predicted molar refractivity (Wildman–Crippen MR) is 104 cm³/mol. The number of ether oxygens (including phenoxy) is 2. The highest BCUT2D eigenvalue weighted by atomic mass is 16.5. The number of aliphatic carboxylic acids is 1. The van der Waals surface area contributed by atoms with Crippen LogP contribution in [0.5, 0.6) is 0 Å². The number of rotatable bonds is 16. The van der Waals surface area contributed by atoms with E-state index in [0.29, 0.717) is 0 Å². The van der Waals surface area contributed by atoms with Crippen molar-refractivity contribution < 1.29 is 24.2 Å². The van der Waals surface area contributed by atoms with Crippen LogP contribution in [0.4, 0.5) is 0 Å². The number of hydrogen-bond acceptors (Lipinski definition) is 4. The lowest BCUT2D eigenvalue weighted by molar-refractivity contribution is -0.151. The summed E-state index contributed by atoms with van der Waals surface area (Å²) < 4.78 is 10.5. The first-order valence-corrected chi connectivity index (χ1v) is 10.0. The van der Waals surface area contributed by atoms with Crippen LogP contribution in [0.3, 0.4) is 0 Å². The largest absolute Gasteiger partial charge is 0.481 e. The minimum Gasteiger partial charge on any atom is -0.481 e. The number of carbonyl (C=O) groups is 2. The van der Waals surface area contributed by atoms with E-state index in [4.69, 9.17) is 14.6 Å². The first-order chi connectivity index (χ1) is 12.1. The van der Waals surface area contributed by atoms with Crippen LogP contribution in [0.2, 0.25) is 0 Å². The molecule has 0 rings (SSSR count). The maximum absolute atomic E-state index is 11.6. The summed E-state index contributed by atoms with van der Waals surface area (Å²) in [6.07, 6.45) is 10.1. The Labute approximate surface area is 159 Å². The minimum absolute atomic E-state index is 0.132. The molecule has 0 saturated carbocycles. The quantitative estimate of drug-likeness (QED) is 0.297. The molecule has 0 unspecified atom stereocenters. The number of carboxylic acid groups (broad SMARTS) is 1. The summed E-state index contributed by atoms with van der Waals surface area (Å²) in [6.45, 7) is 9.03. The molecular formula is C21H40O5. The van der Waals surface area contributed by atoms with Gasteiger partial charge in [-0.15, -0.1) is 0 Å². The molecule has 0 aromatic rings. The summed E-state index contributed by atoms with van der Waals surface area (Å²) in [4.78, 5) is 22.6. The highest BCUT2D eigenvalue weighted by Gasteiger charge is 2.27. The van der Waals surface area contributed by atoms with Crippen molar-refractivity contribution in [2.45, 2.75) is 91.9 Å². The van der Waals surface area contributed by atoms with Crippen molar-refractivity contribution in [1.82, 2.24) is 0 Å². The van der Waals surface area contributed by atoms with Gasteiger partial charge < -0.3 is 14.6 Å². The highest BCUT2D eigenvalue weighted by Crippen LogP contribution is 2.25. The van der Waals surface area contributed by atoms with Crippen LogP contribution < -0.4 is 0 Å². The third-order valence-corrected chi connectivity index (χ3v) is 5.00. The molecule has 0 spiro atoms. The monoisotopic (exact) mass is 372 g/mol. The van der Waals surface area contributed by atoms with E-state index >= 15 is 0 Å². The molecule has 0 radical (unpaired) electrons. The zero-order valence-corrected chi connectivity index (χ0v) is 17.6. The van der Waals surface area contributed by atoms with Crippen molar-refractivity contribution in [3.63, 3.8) is 0 Å². The SMILES string of the molecule is COC(=O)C(C)(C)CCCCCCOCCCCCCC(C)(C)C(=O)O. The van der Waals surface area contributed by atoms with Crippen LogP contribution in [-0.4, -0.2) is 37.4 Å². The van der Waals surface area contributed by atoms with E-state index in [0.717, 1.165) is 77.4 Å². The van der Waals surface area contributed by atoms with Crippen LogP contribution in [0.1, 0.15) is 91.9 Å². The van der Waals surface area contributed by atoms with E-state index in [-0.39, 0.29) is 11.4 Å². The molecule has 26 heavy (non-hydrogen) atoms. The average Bonchev–Trinajstić information content (AvgIpc) is 2.57. The van der Waals surface area contributed by atoms with Gasteiger partial charge in [0.15, 0.2) is 0 Å². The van der Waals surface area contributed by atoms with Crippen LogP contribution in [-0.2, 0) is 19.1 Å². The van der Waals surface area contributed by atoms with Crippen molar-refractivity contribution in [3.8, 4) is 0 Å². The fourth-order valence-corrected chi connectivity index (χ4v) is 2.84. The van der Waals surface area contributed by atoms with Gasteiger partial charge in [-0.25, -0.2) is 0 Å². The Balaban J connectivity index is 3.40. The van der Waals surface area contributed by atoms with E-state index in [1.165, 1.54) is 7.11 Å². The molecule has 0 fully saturated rings. The Morgan fingerprint density at radius 1 is 0.731 bits per heavy atom. The van der Waals surface area contributed by atoms with Gasteiger partial charge in [-0.3, -0.25) is 9.59 Å². The molecule has 154 valence electrons. The van der Waals surface area contributed by atoms with Crippen LogP contribution in [0, 0.1) is 10.8 Å².